The Kier molecular flexibility index (Phi) is 6.03. The lowest BCUT2D eigenvalue weighted by molar-refractivity contribution is -0.174. The van der Waals surface area contributed by atoms with Gasteiger partial charge in [0.25, 0.3) is 0 Å². The number of carbonyl (C=O) groups excluding carboxylic acids is 1. The van der Waals surface area contributed by atoms with Crippen molar-refractivity contribution < 1.29 is 15.0 Å². The van der Waals surface area contributed by atoms with Crippen molar-refractivity contribution >= 4 is 5.78 Å². The first-order valence-electron chi connectivity index (χ1n) is 12.6. The largest absolute Gasteiger partial charge is 0.393 e. The van der Waals surface area contributed by atoms with Gasteiger partial charge in [-0.05, 0) is 117 Å². The van der Waals surface area contributed by atoms with Gasteiger partial charge in [-0.3, -0.25) is 4.79 Å². The van der Waals surface area contributed by atoms with Crippen molar-refractivity contribution in [1.82, 2.24) is 0 Å². The van der Waals surface area contributed by atoms with E-state index in [1.807, 2.05) is 6.92 Å². The van der Waals surface area contributed by atoms with Crippen molar-refractivity contribution in [2.75, 3.05) is 0 Å². The molecule has 170 valence electrons. The first-order valence-corrected chi connectivity index (χ1v) is 12.6. The zero-order valence-electron chi connectivity index (χ0n) is 19.7. The Bertz CT molecular complexity index is 686. The molecule has 0 radical (unpaired) electrons. The van der Waals surface area contributed by atoms with Crippen LogP contribution in [0, 0.1) is 46.3 Å². The number of carbonyl (C=O) groups is 1. The van der Waals surface area contributed by atoms with Gasteiger partial charge in [0.15, 0.2) is 5.78 Å². The fraction of sp³-hybridized carbons (Fsp3) is 0.889. The molecule has 0 saturated heterocycles. The second kappa shape index (κ2) is 8.03. The van der Waals surface area contributed by atoms with Gasteiger partial charge in [-0.15, -0.1) is 0 Å². The molecule has 0 heterocycles. The number of ketones is 1. The molecule has 0 bridgehead atoms. The molecule has 0 amide bonds. The van der Waals surface area contributed by atoms with E-state index in [9.17, 15) is 15.0 Å². The van der Waals surface area contributed by atoms with Crippen LogP contribution in [0.1, 0.15) is 91.9 Å². The molecule has 0 aliphatic heterocycles. The minimum atomic E-state index is -0.206. The maximum Gasteiger partial charge on any atom is 0.157 e. The molecule has 0 spiro atoms. The van der Waals surface area contributed by atoms with Crippen LogP contribution in [-0.2, 0) is 4.79 Å². The molecule has 0 aromatic carbocycles. The fourth-order valence-corrected chi connectivity index (χ4v) is 8.95. The zero-order chi connectivity index (χ0) is 21.8. The number of aliphatic hydroxyl groups excluding tert-OH is 2. The highest BCUT2D eigenvalue weighted by Crippen LogP contribution is 2.68. The summed E-state index contributed by atoms with van der Waals surface area (Å²) in [5.41, 5.74) is 1.27. The summed E-state index contributed by atoms with van der Waals surface area (Å²) in [6.07, 6.45) is 10.0. The van der Waals surface area contributed by atoms with Crippen LogP contribution < -0.4 is 0 Å². The van der Waals surface area contributed by atoms with Crippen LogP contribution in [0.5, 0.6) is 0 Å². The van der Waals surface area contributed by atoms with Gasteiger partial charge in [-0.1, -0.05) is 27.4 Å². The average molecular weight is 417 g/mol. The van der Waals surface area contributed by atoms with Crippen molar-refractivity contribution in [3.63, 3.8) is 0 Å². The first-order chi connectivity index (χ1) is 14.1. The van der Waals surface area contributed by atoms with Crippen molar-refractivity contribution in [2.45, 2.75) is 104 Å². The van der Waals surface area contributed by atoms with Crippen molar-refractivity contribution in [3.8, 4) is 0 Å². The average Bonchev–Trinajstić information content (AvgIpc) is 3.04. The minimum absolute atomic E-state index is 0.167. The van der Waals surface area contributed by atoms with E-state index in [-0.39, 0.29) is 18.0 Å². The summed E-state index contributed by atoms with van der Waals surface area (Å²) < 4.78 is 0. The summed E-state index contributed by atoms with van der Waals surface area (Å²) in [6, 6.07) is 0. The van der Waals surface area contributed by atoms with Crippen LogP contribution >= 0.6 is 0 Å². The van der Waals surface area contributed by atoms with Crippen molar-refractivity contribution in [3.05, 3.63) is 12.2 Å². The summed E-state index contributed by atoms with van der Waals surface area (Å²) in [7, 11) is 0. The molecule has 4 fully saturated rings. The van der Waals surface area contributed by atoms with Crippen LogP contribution in [-0.4, -0.2) is 28.2 Å². The van der Waals surface area contributed by atoms with Gasteiger partial charge in [0, 0.05) is 6.42 Å². The molecular formula is C27H44O3. The van der Waals surface area contributed by atoms with E-state index < -0.39 is 0 Å². The lowest BCUT2D eigenvalue weighted by Crippen LogP contribution is -2.58. The number of hydrogen-bond acceptors (Lipinski definition) is 3. The van der Waals surface area contributed by atoms with E-state index in [0.717, 1.165) is 32.1 Å². The highest BCUT2D eigenvalue weighted by Gasteiger charge is 2.62. The fourth-order valence-electron chi connectivity index (χ4n) is 8.95. The van der Waals surface area contributed by atoms with Gasteiger partial charge in [0.1, 0.15) is 0 Å². The highest BCUT2D eigenvalue weighted by molar-refractivity contribution is 5.94. The minimum Gasteiger partial charge on any atom is -0.393 e. The molecule has 4 aliphatic carbocycles. The number of rotatable bonds is 5. The van der Waals surface area contributed by atoms with E-state index >= 15 is 0 Å². The Morgan fingerprint density at radius 2 is 1.70 bits per heavy atom. The van der Waals surface area contributed by atoms with E-state index in [0.29, 0.717) is 58.3 Å². The molecule has 3 heteroatoms. The normalized spacial score (nSPS) is 48.9. The Morgan fingerprint density at radius 1 is 1.03 bits per heavy atom. The van der Waals surface area contributed by atoms with Crippen LogP contribution in [0.15, 0.2) is 12.2 Å². The third-order valence-corrected chi connectivity index (χ3v) is 10.7. The van der Waals surface area contributed by atoms with Crippen LogP contribution in [0.2, 0.25) is 0 Å². The second-order valence-electron chi connectivity index (χ2n) is 12.2. The molecular weight excluding hydrogens is 372 g/mol. The molecule has 0 aromatic rings. The zero-order valence-corrected chi connectivity index (χ0v) is 19.7. The standard InChI is InChI=1S/C27H44O3/c1-16(2)23(29)9-6-17(3)20-7-8-21-25-22(11-13-27(20,21)5)26(4)12-10-19(28)14-18(26)15-24(25)30/h17-22,24-25,28,30H,1,6-15H2,2-5H3. The number of aliphatic hydroxyl groups is 2. The number of fused-ring (bicyclic) bond motifs is 5. The predicted octanol–water partition coefficient (Wildman–Crippen LogP) is 5.54. The van der Waals surface area contributed by atoms with Crippen LogP contribution in [0.25, 0.3) is 0 Å². The smallest absolute Gasteiger partial charge is 0.157 e. The van der Waals surface area contributed by atoms with Gasteiger partial charge < -0.3 is 10.2 Å². The second-order valence-corrected chi connectivity index (χ2v) is 12.2. The van der Waals surface area contributed by atoms with E-state index in [4.69, 9.17) is 0 Å². The Balaban J connectivity index is 1.51. The number of allylic oxidation sites excluding steroid dienone is 1. The molecule has 4 aliphatic rings. The van der Waals surface area contributed by atoms with Gasteiger partial charge in [0.05, 0.1) is 12.2 Å². The van der Waals surface area contributed by atoms with E-state index in [1.165, 1.54) is 25.7 Å². The predicted molar refractivity (Wildman–Crippen MR) is 121 cm³/mol. The van der Waals surface area contributed by atoms with E-state index in [1.54, 1.807) is 0 Å². The summed E-state index contributed by atoms with van der Waals surface area (Å²) in [5, 5.41) is 21.6. The SMILES string of the molecule is C=C(C)C(=O)CCC(C)C1CCC2C3C(O)CC4CC(O)CCC4(C)C3CCC12C. The lowest BCUT2D eigenvalue weighted by Gasteiger charge is -2.62. The third kappa shape index (κ3) is 3.52. The van der Waals surface area contributed by atoms with Crippen LogP contribution in [0.4, 0.5) is 0 Å². The van der Waals surface area contributed by atoms with E-state index in [2.05, 4.69) is 27.4 Å². The molecule has 4 saturated carbocycles. The van der Waals surface area contributed by atoms with Gasteiger partial charge >= 0.3 is 0 Å². The summed E-state index contributed by atoms with van der Waals surface area (Å²) in [5.74, 6) is 3.55. The maximum atomic E-state index is 12.1. The van der Waals surface area contributed by atoms with Crippen molar-refractivity contribution in [1.29, 1.82) is 0 Å². The van der Waals surface area contributed by atoms with Crippen LogP contribution in [0.3, 0.4) is 0 Å². The van der Waals surface area contributed by atoms with Gasteiger partial charge in [-0.25, -0.2) is 0 Å². The highest BCUT2D eigenvalue weighted by atomic mass is 16.3. The molecule has 10 atom stereocenters. The molecule has 4 rings (SSSR count). The summed E-state index contributed by atoms with van der Waals surface area (Å²) >= 11 is 0. The first kappa shape index (κ1) is 22.5. The molecule has 2 N–H and O–H groups in total. The molecule has 0 aromatic heterocycles. The summed E-state index contributed by atoms with van der Waals surface area (Å²) in [6.45, 7) is 13.0. The molecule has 30 heavy (non-hydrogen) atoms. The third-order valence-electron chi connectivity index (χ3n) is 10.7. The Labute approximate surface area is 183 Å². The maximum absolute atomic E-state index is 12.1. The topological polar surface area (TPSA) is 57.5 Å². The van der Waals surface area contributed by atoms with Gasteiger partial charge in [0.2, 0.25) is 0 Å². The lowest BCUT2D eigenvalue weighted by atomic mass is 9.43. The number of hydrogen-bond donors (Lipinski definition) is 2. The quantitative estimate of drug-likeness (QED) is 0.579. The number of Topliss-reactive ketones (excluding diaryl/α,β-unsaturated/α-hetero) is 1. The van der Waals surface area contributed by atoms with Crippen molar-refractivity contribution in [2.24, 2.45) is 46.3 Å². The Morgan fingerprint density at radius 3 is 2.40 bits per heavy atom. The summed E-state index contributed by atoms with van der Waals surface area (Å²) in [4.78, 5) is 12.1. The monoisotopic (exact) mass is 416 g/mol. The molecule has 10 unspecified atom stereocenters. The Hall–Kier alpha value is -0.670. The van der Waals surface area contributed by atoms with Gasteiger partial charge in [-0.2, -0.15) is 0 Å². The molecule has 3 nitrogen and oxygen atoms in total.